The van der Waals surface area contributed by atoms with Crippen LogP contribution in [0.4, 0.5) is 5.69 Å². The van der Waals surface area contributed by atoms with Crippen LogP contribution >= 0.6 is 0 Å². The zero-order valence-corrected chi connectivity index (χ0v) is 15.9. The highest BCUT2D eigenvalue weighted by molar-refractivity contribution is 5.94. The number of hydrogen-bond acceptors (Lipinski definition) is 6. The molecule has 4 rings (SSSR count). The summed E-state index contributed by atoms with van der Waals surface area (Å²) in [6.07, 6.45) is 1.65. The normalized spacial score (nSPS) is 18.3. The van der Waals surface area contributed by atoms with Crippen molar-refractivity contribution in [1.29, 1.82) is 5.26 Å². The molecule has 2 aromatic heterocycles. The summed E-state index contributed by atoms with van der Waals surface area (Å²) in [6.45, 7) is 5.92. The van der Waals surface area contributed by atoms with Gasteiger partial charge in [0.2, 0.25) is 5.88 Å². The molecule has 28 heavy (non-hydrogen) atoms. The van der Waals surface area contributed by atoms with Gasteiger partial charge in [-0.1, -0.05) is 12.1 Å². The fourth-order valence-electron chi connectivity index (χ4n) is 3.82. The van der Waals surface area contributed by atoms with Crippen LogP contribution in [-0.4, -0.2) is 17.3 Å². The van der Waals surface area contributed by atoms with Crippen molar-refractivity contribution in [1.82, 2.24) is 4.98 Å². The number of rotatable bonds is 3. The van der Waals surface area contributed by atoms with Crippen LogP contribution in [0.2, 0.25) is 0 Å². The van der Waals surface area contributed by atoms with Gasteiger partial charge < -0.3 is 9.15 Å². The molecule has 0 spiro atoms. The minimum absolute atomic E-state index is 0.105. The number of nitrogens with zero attached hydrogens (tertiary/aromatic N) is 3. The molecule has 0 amide bonds. The molecule has 2 unspecified atom stereocenters. The van der Waals surface area contributed by atoms with Crippen molar-refractivity contribution in [3.63, 3.8) is 0 Å². The van der Waals surface area contributed by atoms with Gasteiger partial charge in [-0.05, 0) is 32.9 Å². The summed E-state index contributed by atoms with van der Waals surface area (Å²) in [4.78, 5) is 21.5. The van der Waals surface area contributed by atoms with Gasteiger partial charge in [-0.3, -0.25) is 9.79 Å². The summed E-state index contributed by atoms with van der Waals surface area (Å²) >= 11 is 0. The van der Waals surface area contributed by atoms with Crippen LogP contribution in [-0.2, 0) is 0 Å². The number of aliphatic imine (C=N–C) groups is 1. The first-order valence-corrected chi connectivity index (χ1v) is 9.15. The van der Waals surface area contributed by atoms with Crippen molar-refractivity contribution in [2.75, 3.05) is 6.61 Å². The lowest BCUT2D eigenvalue weighted by molar-refractivity contribution is 0.321. The van der Waals surface area contributed by atoms with E-state index in [0.717, 1.165) is 16.8 Å². The number of nitriles is 1. The summed E-state index contributed by atoms with van der Waals surface area (Å²) in [7, 11) is 0. The number of pyridine rings is 1. The summed E-state index contributed by atoms with van der Waals surface area (Å²) in [6, 6.07) is 11.1. The van der Waals surface area contributed by atoms with Gasteiger partial charge in [0.05, 0.1) is 29.7 Å². The van der Waals surface area contributed by atoms with Gasteiger partial charge in [0.15, 0.2) is 5.43 Å². The SMILES string of the molecule is CCOc1nccc2c1C(c1cccc3c(=O)cc(C)oc13)C(C#N)C(C)=N2. The van der Waals surface area contributed by atoms with E-state index in [4.69, 9.17) is 9.15 Å². The Balaban J connectivity index is 2.08. The smallest absolute Gasteiger partial charge is 0.219 e. The van der Waals surface area contributed by atoms with Crippen LogP contribution in [0, 0.1) is 24.2 Å². The van der Waals surface area contributed by atoms with E-state index in [9.17, 15) is 10.1 Å². The molecule has 0 radical (unpaired) electrons. The summed E-state index contributed by atoms with van der Waals surface area (Å²) < 4.78 is 11.7. The van der Waals surface area contributed by atoms with Crippen molar-refractivity contribution in [3.8, 4) is 11.9 Å². The molecule has 0 saturated heterocycles. The van der Waals surface area contributed by atoms with E-state index in [0.29, 0.717) is 34.9 Å². The zero-order valence-electron chi connectivity index (χ0n) is 15.9. The van der Waals surface area contributed by atoms with Crippen molar-refractivity contribution < 1.29 is 9.15 Å². The second kappa shape index (κ2) is 6.93. The molecule has 3 heterocycles. The number of aromatic nitrogens is 1. The Morgan fingerprint density at radius 2 is 2.11 bits per heavy atom. The van der Waals surface area contributed by atoms with Gasteiger partial charge in [0, 0.05) is 35.0 Å². The van der Waals surface area contributed by atoms with E-state index in [1.54, 1.807) is 19.2 Å². The summed E-state index contributed by atoms with van der Waals surface area (Å²) in [5, 5.41) is 10.4. The maximum absolute atomic E-state index is 12.5. The first-order chi connectivity index (χ1) is 13.5. The van der Waals surface area contributed by atoms with Crippen LogP contribution in [0.1, 0.15) is 36.7 Å². The Bertz CT molecular complexity index is 1200. The van der Waals surface area contributed by atoms with E-state index in [-0.39, 0.29) is 5.43 Å². The number of para-hydroxylation sites is 1. The highest BCUT2D eigenvalue weighted by Gasteiger charge is 2.37. The van der Waals surface area contributed by atoms with Gasteiger partial charge >= 0.3 is 0 Å². The average Bonchev–Trinajstić information content (AvgIpc) is 2.67. The Hall–Kier alpha value is -3.46. The lowest BCUT2D eigenvalue weighted by Crippen LogP contribution is -2.25. The third kappa shape index (κ3) is 2.76. The number of aryl methyl sites for hydroxylation is 1. The Kier molecular flexibility index (Phi) is 4.44. The minimum atomic E-state index is -0.521. The fourth-order valence-corrected chi connectivity index (χ4v) is 3.82. The monoisotopic (exact) mass is 373 g/mol. The van der Waals surface area contributed by atoms with Crippen LogP contribution in [0.5, 0.6) is 5.88 Å². The predicted octanol–water partition coefficient (Wildman–Crippen LogP) is 4.27. The van der Waals surface area contributed by atoms with Gasteiger partial charge in [0.1, 0.15) is 11.3 Å². The number of benzene rings is 1. The standard InChI is InChI=1S/C22H19N3O3/c1-4-27-22-20-17(8-9-24-22)25-13(3)16(11-23)19(20)15-7-5-6-14-18(26)10-12(2)28-21(14)15/h5-10,16,19H,4H2,1-3H3. The number of hydrogen-bond donors (Lipinski definition) is 0. The highest BCUT2D eigenvalue weighted by Crippen LogP contribution is 2.47. The molecule has 1 aliphatic rings. The quantitative estimate of drug-likeness (QED) is 0.684. The van der Waals surface area contributed by atoms with Crippen LogP contribution in [0.15, 0.2) is 50.7 Å². The molecule has 0 fully saturated rings. The lowest BCUT2D eigenvalue weighted by atomic mass is 9.76. The van der Waals surface area contributed by atoms with Gasteiger partial charge in [-0.25, -0.2) is 4.98 Å². The van der Waals surface area contributed by atoms with Crippen LogP contribution in [0.3, 0.4) is 0 Å². The lowest BCUT2D eigenvalue weighted by Gasteiger charge is -2.29. The van der Waals surface area contributed by atoms with E-state index in [1.165, 1.54) is 6.07 Å². The Labute approximate surface area is 162 Å². The van der Waals surface area contributed by atoms with Crippen molar-refractivity contribution in [2.45, 2.75) is 26.7 Å². The minimum Gasteiger partial charge on any atom is -0.478 e. The molecule has 3 aromatic rings. The molecule has 140 valence electrons. The Morgan fingerprint density at radius 3 is 2.86 bits per heavy atom. The molecule has 1 aromatic carbocycles. The maximum Gasteiger partial charge on any atom is 0.219 e. The second-order valence-electron chi connectivity index (χ2n) is 6.76. The predicted molar refractivity (Wildman–Crippen MR) is 106 cm³/mol. The van der Waals surface area contributed by atoms with Crippen LogP contribution in [0.25, 0.3) is 11.0 Å². The zero-order chi connectivity index (χ0) is 19.8. The van der Waals surface area contributed by atoms with Crippen molar-refractivity contribution in [2.24, 2.45) is 10.9 Å². The first kappa shape index (κ1) is 17.9. The molecule has 2 atom stereocenters. The first-order valence-electron chi connectivity index (χ1n) is 9.15. The second-order valence-corrected chi connectivity index (χ2v) is 6.76. The summed E-state index contributed by atoms with van der Waals surface area (Å²) in [5.74, 6) is 0.0540. The third-order valence-corrected chi connectivity index (χ3v) is 4.99. The van der Waals surface area contributed by atoms with Crippen LogP contribution < -0.4 is 10.2 Å². The summed E-state index contributed by atoms with van der Waals surface area (Å²) in [5.41, 5.74) is 3.32. The molecule has 0 bridgehead atoms. The molecule has 0 saturated carbocycles. The van der Waals surface area contributed by atoms with Gasteiger partial charge in [-0.15, -0.1) is 0 Å². The molecule has 6 nitrogen and oxygen atoms in total. The Morgan fingerprint density at radius 1 is 1.29 bits per heavy atom. The fraction of sp³-hybridized carbons (Fsp3) is 0.273. The number of fused-ring (bicyclic) bond motifs is 2. The van der Waals surface area contributed by atoms with E-state index in [2.05, 4.69) is 16.0 Å². The third-order valence-electron chi connectivity index (χ3n) is 4.99. The molecular formula is C22H19N3O3. The number of ether oxygens (including phenoxy) is 1. The average molecular weight is 373 g/mol. The van der Waals surface area contributed by atoms with E-state index in [1.807, 2.05) is 32.0 Å². The topological polar surface area (TPSA) is 88.5 Å². The molecule has 1 aliphatic heterocycles. The maximum atomic E-state index is 12.5. The van der Waals surface area contributed by atoms with Crippen molar-refractivity contribution >= 4 is 22.4 Å². The molecule has 6 heteroatoms. The van der Waals surface area contributed by atoms with E-state index < -0.39 is 11.8 Å². The highest BCUT2D eigenvalue weighted by atomic mass is 16.5. The van der Waals surface area contributed by atoms with Crippen molar-refractivity contribution in [3.05, 3.63) is 63.6 Å². The largest absolute Gasteiger partial charge is 0.478 e. The van der Waals surface area contributed by atoms with Gasteiger partial charge in [0.25, 0.3) is 0 Å². The molecular weight excluding hydrogens is 354 g/mol. The van der Waals surface area contributed by atoms with E-state index >= 15 is 0 Å². The van der Waals surface area contributed by atoms with Gasteiger partial charge in [-0.2, -0.15) is 5.26 Å². The molecule has 0 N–H and O–H groups in total. The molecule has 0 aliphatic carbocycles.